The molecule has 0 aliphatic carbocycles. The molecule has 22 fully saturated rings. The predicted molar refractivity (Wildman–Crippen MR) is 429 cm³/mol. The van der Waals surface area contributed by atoms with E-state index in [0.717, 1.165) is 0 Å². The van der Waals surface area contributed by atoms with Crippen molar-refractivity contribution in [2.75, 3.05) is 39.6 Å². The number of ether oxygens (including phenoxy) is 12. The molecule has 12 bridgehead atoms. The van der Waals surface area contributed by atoms with Gasteiger partial charge >= 0.3 is 0 Å². The van der Waals surface area contributed by atoms with Gasteiger partial charge in [0.15, 0.2) is 37.7 Å². The smallest absolute Gasteiger partial charge is 0.297 e. The lowest BCUT2D eigenvalue weighted by molar-refractivity contribution is -0.403. The molecule has 22 aliphatic rings. The number of aliphatic hydroxyl groups excluding tert-OH is 13. The number of hydrogen-bond acceptors (Lipinski definition) is 40. The minimum Gasteiger partial charge on any atom is -0.394 e. The second-order valence-corrected chi connectivity index (χ2v) is 41.0. The first-order valence-electron chi connectivity index (χ1n) is 40.3. The summed E-state index contributed by atoms with van der Waals surface area (Å²) >= 11 is 0. The van der Waals surface area contributed by atoms with Crippen molar-refractivity contribution in [3.05, 3.63) is 144 Å². The van der Waals surface area contributed by atoms with Crippen LogP contribution in [0.2, 0.25) is 0 Å². The van der Waals surface area contributed by atoms with Crippen LogP contribution in [0.1, 0.15) is 83.5 Å². The van der Waals surface area contributed by atoms with E-state index >= 15 is 0 Å². The molecule has 27 rings (SSSR count). The van der Waals surface area contributed by atoms with Crippen molar-refractivity contribution >= 4 is 50.6 Å². The molecule has 13 N–H and O–H groups in total. The zero-order valence-corrected chi connectivity index (χ0v) is 75.3. The molecular formula is C81H110O40S5. The van der Waals surface area contributed by atoms with Crippen LogP contribution in [0.4, 0.5) is 0 Å². The Morgan fingerprint density at radius 2 is 0.341 bits per heavy atom. The summed E-state index contributed by atoms with van der Waals surface area (Å²) in [4.78, 5) is -1.81. The minimum atomic E-state index is -5.00. The van der Waals surface area contributed by atoms with Gasteiger partial charge < -0.3 is 123 Å². The van der Waals surface area contributed by atoms with Gasteiger partial charge in [-0.1, -0.05) is 88.5 Å². The summed E-state index contributed by atoms with van der Waals surface area (Å²) in [6.07, 6.45) is -71.9. The second-order valence-electron chi connectivity index (χ2n) is 33.3. The summed E-state index contributed by atoms with van der Waals surface area (Å²) < 4.78 is 248. The van der Waals surface area contributed by atoms with Crippen LogP contribution in [0.3, 0.4) is 0 Å². The van der Waals surface area contributed by atoms with Crippen molar-refractivity contribution in [2.24, 2.45) is 0 Å². The number of hydrogen-bond donors (Lipinski definition) is 13. The van der Waals surface area contributed by atoms with Gasteiger partial charge in [-0.05, 0) is 159 Å². The largest absolute Gasteiger partial charge is 0.394 e. The Morgan fingerprint density at radius 1 is 0.214 bits per heavy atom. The first-order chi connectivity index (χ1) is 58.8. The van der Waals surface area contributed by atoms with Gasteiger partial charge in [-0.3, -0.25) is 20.9 Å². The van der Waals surface area contributed by atoms with E-state index in [9.17, 15) is 108 Å². The maximum Gasteiger partial charge on any atom is 0.297 e. The summed E-state index contributed by atoms with van der Waals surface area (Å²) in [6.45, 7) is 15.3. The molecule has 5 aromatic rings. The zero-order valence-electron chi connectivity index (χ0n) is 71.2. The Kier molecular flexibility index (Phi) is 30.9. The first kappa shape index (κ1) is 99.7. The fourth-order valence-electron chi connectivity index (χ4n) is 17.7. The summed E-state index contributed by atoms with van der Waals surface area (Å²) in [7, 11) is -24.9. The normalized spacial score (nSPS) is 35.3. The highest BCUT2D eigenvalue weighted by atomic mass is 32.2. The van der Waals surface area contributed by atoms with E-state index < -0.39 is 274 Å². The maximum absolute atomic E-state index is 14.6. The molecule has 5 aromatic carbocycles. The quantitative estimate of drug-likeness (QED) is 0.0377. The zero-order chi connectivity index (χ0) is 92.7. The van der Waals surface area contributed by atoms with Crippen LogP contribution in [0, 0.1) is 104 Å². The van der Waals surface area contributed by atoms with E-state index in [2.05, 4.69) is 0 Å². The summed E-state index contributed by atoms with van der Waals surface area (Å²) in [5, 5.41) is 160. The number of rotatable bonds is 21. The lowest BCUT2D eigenvalue weighted by Crippen LogP contribution is -2.69. The molecule has 0 aromatic heterocycles. The van der Waals surface area contributed by atoms with Crippen molar-refractivity contribution in [1.29, 1.82) is 0 Å². The minimum absolute atomic E-state index is 0.164. The van der Waals surface area contributed by atoms with Crippen molar-refractivity contribution in [3.63, 3.8) is 0 Å². The van der Waals surface area contributed by atoms with E-state index in [1.54, 1.807) is 34.6 Å². The van der Waals surface area contributed by atoms with Crippen molar-refractivity contribution in [3.8, 4) is 0 Å². The molecule has 704 valence electrons. The van der Waals surface area contributed by atoms with Crippen molar-refractivity contribution in [1.82, 2.24) is 0 Å². The molecule has 126 heavy (non-hydrogen) atoms. The lowest BCUT2D eigenvalue weighted by atomic mass is 9.94. The Bertz CT molecular complexity index is 5060. The fraction of sp³-hybridized carbons (Fsp3) is 0.630. The Morgan fingerprint density at radius 3 is 0.476 bits per heavy atom. The predicted octanol–water partition coefficient (Wildman–Crippen LogP) is -1.36. The Labute approximate surface area is 729 Å². The number of benzene rings is 5. The van der Waals surface area contributed by atoms with Gasteiger partial charge in [-0.15, -0.1) is 0 Å². The standard InChI is InChI=1S/C81H110O40S5/c1-32-16-37(6)71(38(7)17-32)122(95,96)105-27-48-66-55(85)61(91)78(112-48)119-68-50(29-107-124(99,100)73-41(10)20-34(3)21-42(73)11)114-80(63(93)57(68)87)121-70-52(31-109-126(103,104)75-45(14)24-36(5)25-46(75)15)115-81(64(94)58(70)88)120-69-51(30-108-125(101,102)74-43(12)22-35(4)23-44(74)13)113-79(62(92)56(69)86)118-67-49(28-106-123(97,98)72-39(8)18-33(2)19-40(72)9)111-77(60(90)54(67)84)116-65-47(26-82)110-76(117-66)59(89)53(65)83/h16-25,47-70,76-94H,26-31H2,1-15H3/t47-,48-,49-,50-,51-,52-,53-,54-,55-,56-,57-,58-,59-,60-,61-,62-,63-,64-,65-,66-,67-,68-,69-,70-,76-,77-,78-,79-,80-,81-/m1/s1. The number of aliphatic hydroxyl groups is 13. The molecule has 22 aliphatic heterocycles. The van der Waals surface area contributed by atoms with E-state index in [1.807, 2.05) is 0 Å². The Balaban J connectivity index is 0.980. The van der Waals surface area contributed by atoms with Gasteiger partial charge in [0.1, 0.15) is 146 Å². The van der Waals surface area contributed by atoms with E-state index in [1.165, 1.54) is 130 Å². The maximum atomic E-state index is 14.6. The lowest BCUT2D eigenvalue weighted by Gasteiger charge is -2.51. The van der Waals surface area contributed by atoms with Gasteiger partial charge in [-0.2, -0.15) is 42.1 Å². The first-order valence-corrected chi connectivity index (χ1v) is 47.3. The third-order valence-corrected chi connectivity index (χ3v) is 30.9. The molecule has 22 heterocycles. The third kappa shape index (κ3) is 20.9. The van der Waals surface area contributed by atoms with Crippen molar-refractivity contribution < 1.29 is 186 Å². The highest BCUT2D eigenvalue weighted by Gasteiger charge is 2.60. The van der Waals surface area contributed by atoms with Crippen LogP contribution in [0.15, 0.2) is 85.1 Å². The highest BCUT2D eigenvalue weighted by molar-refractivity contribution is 7.88. The van der Waals surface area contributed by atoms with E-state index in [-0.39, 0.29) is 80.1 Å². The van der Waals surface area contributed by atoms with Crippen molar-refractivity contribution in [2.45, 2.75) is 313 Å². The summed E-state index contributed by atoms with van der Waals surface area (Å²) in [6, 6.07) is 15.1. The topological polar surface area (TPSA) is 591 Å². The van der Waals surface area contributed by atoms with Gasteiger partial charge in [0.05, 0.1) is 64.1 Å². The molecule has 22 saturated heterocycles. The highest BCUT2D eigenvalue weighted by Crippen LogP contribution is 2.42. The fourth-order valence-corrected chi connectivity index (χ4v) is 24.4. The van der Waals surface area contributed by atoms with Gasteiger partial charge in [0, 0.05) is 0 Å². The van der Waals surface area contributed by atoms with Crippen LogP contribution in [-0.2, 0) is 128 Å². The molecular weight excluding hydrogens is 1770 g/mol. The van der Waals surface area contributed by atoms with Gasteiger partial charge in [0.25, 0.3) is 50.6 Å². The average Bonchev–Trinajstić information content (AvgIpc) is 0.758. The second kappa shape index (κ2) is 39.1. The van der Waals surface area contributed by atoms with Gasteiger partial charge in [0.2, 0.25) is 0 Å². The molecule has 45 heteroatoms. The Hall–Kier alpha value is -5.35. The van der Waals surface area contributed by atoms with E-state index in [0.29, 0.717) is 27.8 Å². The molecule has 0 unspecified atom stereocenters. The molecule has 40 nitrogen and oxygen atoms in total. The average molecular weight is 1880 g/mol. The van der Waals surface area contributed by atoms with Crippen LogP contribution < -0.4 is 0 Å². The van der Waals surface area contributed by atoms with Crippen LogP contribution in [-0.4, -0.2) is 332 Å². The third-order valence-electron chi connectivity index (χ3n) is 23.0. The van der Waals surface area contributed by atoms with Crippen LogP contribution in [0.25, 0.3) is 0 Å². The monoisotopic (exact) mass is 1880 g/mol. The molecule has 30 atom stereocenters. The molecule has 0 saturated carbocycles. The summed E-state index contributed by atoms with van der Waals surface area (Å²) in [5.74, 6) is 0. The molecule has 0 radical (unpaired) electrons. The van der Waals surface area contributed by atoms with Gasteiger partial charge in [-0.25, -0.2) is 0 Å². The van der Waals surface area contributed by atoms with Crippen LogP contribution >= 0.6 is 0 Å². The molecule has 0 spiro atoms. The summed E-state index contributed by atoms with van der Waals surface area (Å²) in [5.41, 5.74) is 4.92. The van der Waals surface area contributed by atoms with E-state index in [4.69, 9.17) is 77.8 Å². The number of aryl methyl sites for hydroxylation is 15. The van der Waals surface area contributed by atoms with Crippen LogP contribution in [0.5, 0.6) is 0 Å². The molecule has 0 amide bonds. The SMILES string of the molecule is Cc1cc(C)c(S(=O)(=O)OC[C@H]2O[C@@H]3O[C@H]4[C@H](O)[C@@H](O)[C@@H](O[C@H]5[C@H](O)[C@@H](O)[C@@H](O[C@H]6[C@H](O)[C@@H](O)[C@@H](O[C@H]7[C@H](O)[C@@H](O)[C@@H](O[C@H]8[C@H](O)[C@@H](O)[C@@H](O[C@H]2[C@H](O)[C@H]3O)O[C@@H]8CO)O[C@@H]7COS(=O)(=O)c2c(C)cc(C)cc2C)O[C@@H]6COS(=O)(=O)c2c(C)cc(C)cc2C)O[C@@H]5COS(=O)(=O)c2c(C)cc(C)cc2C)O[C@@H]4COS(=O)(=O)c2c(C)cc(C)cc2C)c(C)c1.